The van der Waals surface area contributed by atoms with Crippen molar-refractivity contribution < 1.29 is 14.2 Å². The Morgan fingerprint density at radius 1 is 1.50 bits per heavy atom. The van der Waals surface area contributed by atoms with Crippen LogP contribution in [0.1, 0.15) is 32.4 Å². The van der Waals surface area contributed by atoms with Crippen LogP contribution in [0.3, 0.4) is 0 Å². The van der Waals surface area contributed by atoms with Crippen LogP contribution in [0, 0.1) is 5.82 Å². The number of aliphatic hydroxyl groups excluding tert-OH is 1. The minimum atomic E-state index is -0.665. The molecule has 1 rings (SSSR count). The molecule has 0 aliphatic carbocycles. The van der Waals surface area contributed by atoms with Gasteiger partial charge >= 0.3 is 0 Å². The Morgan fingerprint density at radius 2 is 2.19 bits per heavy atom. The molecule has 0 radical (unpaired) electrons. The molecule has 2 nitrogen and oxygen atoms in total. The molecule has 16 heavy (non-hydrogen) atoms. The van der Waals surface area contributed by atoms with Gasteiger partial charge < -0.3 is 9.84 Å². The van der Waals surface area contributed by atoms with Crippen LogP contribution < -0.4 is 4.74 Å². The van der Waals surface area contributed by atoms with E-state index in [0.717, 1.165) is 5.57 Å². The first-order valence-electron chi connectivity index (χ1n) is 5.24. The van der Waals surface area contributed by atoms with E-state index in [0.29, 0.717) is 12.2 Å². The largest absolute Gasteiger partial charge is 0.486 e. The molecular weight excluding hydrogens is 207 g/mol. The van der Waals surface area contributed by atoms with Gasteiger partial charge in [0.1, 0.15) is 6.61 Å². The zero-order chi connectivity index (χ0) is 12.1. The van der Waals surface area contributed by atoms with Crippen LogP contribution in [0.4, 0.5) is 4.39 Å². The average Bonchev–Trinajstić information content (AvgIpc) is 2.19. The van der Waals surface area contributed by atoms with Crippen LogP contribution in [0.2, 0.25) is 0 Å². The van der Waals surface area contributed by atoms with Crippen LogP contribution >= 0.6 is 0 Å². The van der Waals surface area contributed by atoms with Crippen molar-refractivity contribution in [1.82, 2.24) is 0 Å². The van der Waals surface area contributed by atoms with Gasteiger partial charge in [-0.2, -0.15) is 0 Å². The average molecular weight is 224 g/mol. The quantitative estimate of drug-likeness (QED) is 0.796. The number of ether oxygens (including phenoxy) is 1. The lowest BCUT2D eigenvalue weighted by molar-refractivity contribution is 0.198. The first kappa shape index (κ1) is 12.7. The second kappa shape index (κ2) is 5.66. The molecule has 0 aliphatic rings. The summed E-state index contributed by atoms with van der Waals surface area (Å²) >= 11 is 0. The molecule has 0 spiro atoms. The maximum absolute atomic E-state index is 13.5. The highest BCUT2D eigenvalue weighted by Crippen LogP contribution is 2.21. The fourth-order valence-electron chi connectivity index (χ4n) is 1.19. The number of hydrogen-bond donors (Lipinski definition) is 1. The third kappa shape index (κ3) is 3.66. The van der Waals surface area contributed by atoms with Crippen molar-refractivity contribution >= 4 is 0 Å². The summed E-state index contributed by atoms with van der Waals surface area (Å²) in [5.74, 6) is -0.234. The van der Waals surface area contributed by atoms with Crippen LogP contribution in [0.5, 0.6) is 5.75 Å². The normalized spacial score (nSPS) is 12.1. The summed E-state index contributed by atoms with van der Waals surface area (Å²) in [6, 6.07) is 4.49. The van der Waals surface area contributed by atoms with Gasteiger partial charge in [-0.25, -0.2) is 4.39 Å². The second-order valence-corrected chi connectivity index (χ2v) is 3.96. The van der Waals surface area contributed by atoms with Gasteiger partial charge in [-0.15, -0.1) is 0 Å². The summed E-state index contributed by atoms with van der Waals surface area (Å²) in [7, 11) is 0. The van der Waals surface area contributed by atoms with Crippen molar-refractivity contribution in [2.75, 3.05) is 6.61 Å². The van der Waals surface area contributed by atoms with Gasteiger partial charge in [0.15, 0.2) is 11.6 Å². The lowest BCUT2D eigenvalue weighted by Gasteiger charge is -2.08. The molecule has 0 fully saturated rings. The SMILES string of the molecule is CC(C)=CCOc1ccc([C@H](C)O)cc1F. The molecule has 0 aromatic heterocycles. The van der Waals surface area contributed by atoms with Crippen molar-refractivity contribution in [2.24, 2.45) is 0 Å². The molecule has 1 aromatic carbocycles. The second-order valence-electron chi connectivity index (χ2n) is 3.96. The van der Waals surface area contributed by atoms with Crippen molar-refractivity contribution in [1.29, 1.82) is 0 Å². The number of benzene rings is 1. The first-order chi connectivity index (χ1) is 7.50. The van der Waals surface area contributed by atoms with E-state index in [9.17, 15) is 9.50 Å². The molecule has 0 bridgehead atoms. The van der Waals surface area contributed by atoms with Crippen LogP contribution in [-0.2, 0) is 0 Å². The molecule has 88 valence electrons. The highest BCUT2D eigenvalue weighted by atomic mass is 19.1. The fraction of sp³-hybridized carbons (Fsp3) is 0.385. The highest BCUT2D eigenvalue weighted by Gasteiger charge is 2.07. The maximum atomic E-state index is 13.5. The molecule has 0 aliphatic heterocycles. The lowest BCUT2D eigenvalue weighted by atomic mass is 10.1. The standard InChI is InChI=1S/C13H17FO2/c1-9(2)6-7-16-13-5-4-11(10(3)15)8-12(13)14/h4-6,8,10,15H,7H2,1-3H3/t10-/m0/s1. The third-order valence-electron chi connectivity index (χ3n) is 2.17. The Bertz CT molecular complexity index is 380. The predicted molar refractivity (Wildman–Crippen MR) is 62.0 cm³/mol. The topological polar surface area (TPSA) is 29.5 Å². The lowest BCUT2D eigenvalue weighted by Crippen LogP contribution is -1.99. The maximum Gasteiger partial charge on any atom is 0.165 e. The van der Waals surface area contributed by atoms with Crippen LogP contribution in [0.15, 0.2) is 29.8 Å². The van der Waals surface area contributed by atoms with E-state index in [2.05, 4.69) is 0 Å². The number of hydrogen-bond acceptors (Lipinski definition) is 2. The van der Waals surface area contributed by atoms with E-state index in [4.69, 9.17) is 4.74 Å². The molecule has 0 saturated heterocycles. The third-order valence-corrected chi connectivity index (χ3v) is 2.17. The Hall–Kier alpha value is -1.35. The van der Waals surface area contributed by atoms with E-state index in [-0.39, 0.29) is 5.75 Å². The number of aliphatic hydroxyl groups is 1. The zero-order valence-corrected chi connectivity index (χ0v) is 9.83. The molecule has 1 N–H and O–H groups in total. The Morgan fingerprint density at radius 3 is 2.69 bits per heavy atom. The van der Waals surface area contributed by atoms with Gasteiger partial charge in [-0.1, -0.05) is 11.6 Å². The minimum absolute atomic E-state index is 0.210. The zero-order valence-electron chi connectivity index (χ0n) is 9.83. The van der Waals surface area contributed by atoms with Gasteiger partial charge in [0.2, 0.25) is 0 Å². The first-order valence-corrected chi connectivity index (χ1v) is 5.24. The van der Waals surface area contributed by atoms with Gasteiger partial charge in [-0.05, 0) is 44.5 Å². The monoisotopic (exact) mass is 224 g/mol. The van der Waals surface area contributed by atoms with E-state index < -0.39 is 11.9 Å². The molecule has 0 heterocycles. The van der Waals surface area contributed by atoms with E-state index in [1.165, 1.54) is 12.1 Å². The molecule has 0 amide bonds. The smallest absolute Gasteiger partial charge is 0.165 e. The fourth-order valence-corrected chi connectivity index (χ4v) is 1.19. The van der Waals surface area contributed by atoms with Crippen LogP contribution in [0.25, 0.3) is 0 Å². The van der Waals surface area contributed by atoms with E-state index in [1.54, 1.807) is 13.0 Å². The van der Waals surface area contributed by atoms with Crippen LogP contribution in [-0.4, -0.2) is 11.7 Å². The van der Waals surface area contributed by atoms with Gasteiger partial charge in [0, 0.05) is 0 Å². The Labute approximate surface area is 95.4 Å². The Kier molecular flexibility index (Phi) is 4.50. The summed E-state index contributed by atoms with van der Waals surface area (Å²) in [5, 5.41) is 9.27. The minimum Gasteiger partial charge on any atom is -0.486 e. The number of allylic oxidation sites excluding steroid dienone is 1. The van der Waals surface area contributed by atoms with Gasteiger partial charge in [-0.3, -0.25) is 0 Å². The number of rotatable bonds is 4. The van der Waals surface area contributed by atoms with Gasteiger partial charge in [0.05, 0.1) is 6.10 Å². The van der Waals surface area contributed by atoms with Gasteiger partial charge in [0.25, 0.3) is 0 Å². The van der Waals surface area contributed by atoms with Crippen molar-refractivity contribution in [3.8, 4) is 5.75 Å². The van der Waals surface area contributed by atoms with E-state index in [1.807, 2.05) is 19.9 Å². The molecule has 1 aromatic rings. The van der Waals surface area contributed by atoms with Crippen molar-refractivity contribution in [2.45, 2.75) is 26.9 Å². The molecular formula is C13H17FO2. The van der Waals surface area contributed by atoms with E-state index >= 15 is 0 Å². The summed E-state index contributed by atoms with van der Waals surface area (Å²) in [4.78, 5) is 0. The highest BCUT2D eigenvalue weighted by molar-refractivity contribution is 5.30. The Balaban J connectivity index is 2.72. The summed E-state index contributed by atoms with van der Waals surface area (Å²) in [6.45, 7) is 5.86. The number of halogens is 1. The molecule has 1 atom stereocenters. The van der Waals surface area contributed by atoms with Crippen molar-refractivity contribution in [3.05, 3.63) is 41.2 Å². The molecule has 0 unspecified atom stereocenters. The van der Waals surface area contributed by atoms with Crippen molar-refractivity contribution in [3.63, 3.8) is 0 Å². The summed E-state index contributed by atoms with van der Waals surface area (Å²) in [6.07, 6.45) is 1.21. The summed E-state index contributed by atoms with van der Waals surface area (Å²) < 4.78 is 18.7. The molecule has 3 heteroatoms. The summed E-state index contributed by atoms with van der Waals surface area (Å²) in [5.41, 5.74) is 1.67. The molecule has 0 saturated carbocycles. The predicted octanol–water partition coefficient (Wildman–Crippen LogP) is 3.22.